The first-order valence-electron chi connectivity index (χ1n) is 15.9. The molecule has 44 heavy (non-hydrogen) atoms. The highest BCUT2D eigenvalue weighted by atomic mass is 16.4. The first-order valence-corrected chi connectivity index (χ1v) is 15.9. The van der Waals surface area contributed by atoms with Crippen LogP contribution in [-0.4, -0.2) is 49.7 Å². The molecule has 0 radical (unpaired) electrons. The molecule has 4 aromatic rings. The van der Waals surface area contributed by atoms with Gasteiger partial charge in [-0.05, 0) is 98.7 Å². The number of aromatic carboxylic acids is 1. The largest absolute Gasteiger partial charge is 0.478 e. The standard InChI is InChI=1S/C36H39N5O3/c1-22-20-27(24-16-18-40(19-17-24)35(42)26-7-3-8-26)13-14-30(22)38-32-15-12-25-6-4-9-28(34(25)32)31-10-5-11-33(39-31)41-23(2)29(21-37-41)36(43)44/h4-6,9-11,13-14,20-21,24,26,32,38H,3,7-8,12,15-19H2,1-2H3,(H,43,44). The van der Waals surface area contributed by atoms with Crippen LogP contribution in [-0.2, 0) is 11.2 Å². The topological polar surface area (TPSA) is 100 Å². The summed E-state index contributed by atoms with van der Waals surface area (Å²) in [4.78, 5) is 31.3. The number of carboxylic acid groups (broad SMARTS) is 1. The van der Waals surface area contributed by atoms with Crippen LogP contribution in [0.5, 0.6) is 0 Å². The van der Waals surface area contributed by atoms with Crippen molar-refractivity contribution in [2.75, 3.05) is 18.4 Å². The monoisotopic (exact) mass is 589 g/mol. The van der Waals surface area contributed by atoms with Crippen LogP contribution in [0.1, 0.15) is 88.8 Å². The summed E-state index contributed by atoms with van der Waals surface area (Å²) in [6.07, 6.45) is 8.78. The van der Waals surface area contributed by atoms with Crippen molar-refractivity contribution in [3.8, 4) is 17.1 Å². The molecule has 1 unspecified atom stereocenters. The molecule has 3 aliphatic rings. The van der Waals surface area contributed by atoms with Crippen LogP contribution in [0.15, 0.2) is 60.8 Å². The number of rotatable bonds is 7. The van der Waals surface area contributed by atoms with Crippen LogP contribution in [0.25, 0.3) is 17.1 Å². The molecule has 1 aliphatic heterocycles. The van der Waals surface area contributed by atoms with E-state index in [4.69, 9.17) is 4.98 Å². The predicted molar refractivity (Wildman–Crippen MR) is 170 cm³/mol. The van der Waals surface area contributed by atoms with Crippen LogP contribution >= 0.6 is 0 Å². The van der Waals surface area contributed by atoms with Gasteiger partial charge in [-0.2, -0.15) is 5.10 Å². The molecule has 2 aromatic heterocycles. The van der Waals surface area contributed by atoms with Crippen molar-refractivity contribution in [2.24, 2.45) is 5.92 Å². The van der Waals surface area contributed by atoms with Crippen LogP contribution < -0.4 is 5.32 Å². The van der Waals surface area contributed by atoms with Gasteiger partial charge in [-0.1, -0.05) is 42.8 Å². The lowest BCUT2D eigenvalue weighted by Gasteiger charge is -2.36. The van der Waals surface area contributed by atoms with Crippen molar-refractivity contribution in [2.45, 2.75) is 70.8 Å². The molecular formula is C36H39N5O3. The molecule has 226 valence electrons. The summed E-state index contributed by atoms with van der Waals surface area (Å²) in [6, 6.07) is 19.2. The average molecular weight is 590 g/mol. The molecule has 7 rings (SSSR count). The van der Waals surface area contributed by atoms with Crippen LogP contribution in [0.4, 0.5) is 5.69 Å². The number of carbonyl (C=O) groups is 2. The fraction of sp³-hybridized carbons (Fsp3) is 0.389. The van der Waals surface area contributed by atoms with E-state index in [1.807, 2.05) is 18.2 Å². The van der Waals surface area contributed by atoms with Crippen molar-refractivity contribution in [3.63, 3.8) is 0 Å². The Balaban J connectivity index is 1.09. The average Bonchev–Trinajstić information content (AvgIpc) is 3.61. The van der Waals surface area contributed by atoms with Crippen molar-refractivity contribution in [3.05, 3.63) is 94.3 Å². The molecule has 8 nitrogen and oxygen atoms in total. The van der Waals surface area contributed by atoms with E-state index in [1.165, 1.54) is 34.9 Å². The number of carbonyl (C=O) groups excluding carboxylic acids is 1. The summed E-state index contributed by atoms with van der Waals surface area (Å²) < 4.78 is 1.59. The van der Waals surface area contributed by atoms with E-state index in [1.54, 1.807) is 11.6 Å². The first-order chi connectivity index (χ1) is 21.4. The molecule has 2 fully saturated rings. The lowest BCUT2D eigenvalue weighted by atomic mass is 9.83. The number of piperidine rings is 1. The zero-order chi connectivity index (χ0) is 30.4. The summed E-state index contributed by atoms with van der Waals surface area (Å²) in [7, 11) is 0. The smallest absolute Gasteiger partial charge is 0.339 e. The molecule has 3 heterocycles. The van der Waals surface area contributed by atoms with E-state index in [0.717, 1.165) is 68.6 Å². The number of nitrogens with one attached hydrogen (secondary N) is 1. The van der Waals surface area contributed by atoms with Gasteiger partial charge in [0.2, 0.25) is 5.91 Å². The second-order valence-electron chi connectivity index (χ2n) is 12.7. The van der Waals surface area contributed by atoms with Gasteiger partial charge in [0.05, 0.1) is 23.6 Å². The highest BCUT2D eigenvalue weighted by Crippen LogP contribution is 2.41. The van der Waals surface area contributed by atoms with E-state index >= 15 is 0 Å². The molecule has 1 saturated heterocycles. The number of hydrogen-bond donors (Lipinski definition) is 2. The van der Waals surface area contributed by atoms with Gasteiger partial charge in [-0.15, -0.1) is 0 Å². The van der Waals surface area contributed by atoms with E-state index in [9.17, 15) is 14.7 Å². The van der Waals surface area contributed by atoms with Crippen molar-refractivity contribution in [1.82, 2.24) is 19.7 Å². The van der Waals surface area contributed by atoms with Crippen LogP contribution in [0.3, 0.4) is 0 Å². The van der Waals surface area contributed by atoms with Gasteiger partial charge in [0.15, 0.2) is 5.82 Å². The minimum Gasteiger partial charge on any atom is -0.478 e. The number of aromatic nitrogens is 3. The molecule has 0 spiro atoms. The van der Waals surface area contributed by atoms with Crippen molar-refractivity contribution < 1.29 is 14.7 Å². The Morgan fingerprint density at radius 3 is 2.45 bits per heavy atom. The predicted octanol–water partition coefficient (Wildman–Crippen LogP) is 6.85. The van der Waals surface area contributed by atoms with E-state index < -0.39 is 5.97 Å². The zero-order valence-electron chi connectivity index (χ0n) is 25.4. The Kier molecular flexibility index (Phi) is 7.44. The van der Waals surface area contributed by atoms with Gasteiger partial charge >= 0.3 is 5.97 Å². The second-order valence-corrected chi connectivity index (χ2v) is 12.7. The molecule has 8 heteroatoms. The number of benzene rings is 2. The normalized spacial score (nSPS) is 18.6. The molecule has 1 atom stereocenters. The van der Waals surface area contributed by atoms with Gasteiger partial charge in [-0.3, -0.25) is 4.79 Å². The van der Waals surface area contributed by atoms with Gasteiger partial charge in [0.25, 0.3) is 0 Å². The van der Waals surface area contributed by atoms with E-state index in [0.29, 0.717) is 23.3 Å². The summed E-state index contributed by atoms with van der Waals surface area (Å²) in [5.41, 5.74) is 9.01. The van der Waals surface area contributed by atoms with Crippen molar-refractivity contribution >= 4 is 17.6 Å². The molecular weight excluding hydrogens is 550 g/mol. The minimum atomic E-state index is -0.996. The third kappa shape index (κ3) is 5.16. The Morgan fingerprint density at radius 2 is 1.75 bits per heavy atom. The summed E-state index contributed by atoms with van der Waals surface area (Å²) >= 11 is 0. The number of nitrogens with zero attached hydrogens (tertiary/aromatic N) is 4. The highest BCUT2D eigenvalue weighted by molar-refractivity contribution is 5.88. The number of hydrogen-bond acceptors (Lipinski definition) is 5. The summed E-state index contributed by atoms with van der Waals surface area (Å²) in [6.45, 7) is 5.68. The molecule has 1 saturated carbocycles. The van der Waals surface area contributed by atoms with Gasteiger partial charge < -0.3 is 15.3 Å². The van der Waals surface area contributed by atoms with Gasteiger partial charge in [0, 0.05) is 30.3 Å². The molecule has 0 bridgehead atoms. The highest BCUT2D eigenvalue weighted by Gasteiger charge is 2.32. The zero-order valence-corrected chi connectivity index (χ0v) is 25.4. The lowest BCUT2D eigenvalue weighted by molar-refractivity contribution is -0.139. The molecule has 1 amide bonds. The van der Waals surface area contributed by atoms with Crippen LogP contribution in [0.2, 0.25) is 0 Å². The number of amides is 1. The first kappa shape index (κ1) is 28.3. The fourth-order valence-corrected chi connectivity index (χ4v) is 7.23. The maximum Gasteiger partial charge on any atom is 0.339 e. The van der Waals surface area contributed by atoms with Gasteiger partial charge in [-0.25, -0.2) is 14.5 Å². The van der Waals surface area contributed by atoms with Gasteiger partial charge in [0.1, 0.15) is 5.56 Å². The van der Waals surface area contributed by atoms with Crippen LogP contribution in [0, 0.1) is 19.8 Å². The second kappa shape index (κ2) is 11.6. The number of likely N-dealkylation sites (tertiary alicyclic amines) is 1. The number of anilines is 1. The molecule has 2 aromatic carbocycles. The van der Waals surface area contributed by atoms with Crippen molar-refractivity contribution in [1.29, 1.82) is 0 Å². The molecule has 2 aliphatic carbocycles. The molecule has 2 N–H and O–H groups in total. The van der Waals surface area contributed by atoms with E-state index in [2.05, 4.69) is 58.6 Å². The summed E-state index contributed by atoms with van der Waals surface area (Å²) in [5, 5.41) is 17.6. The summed E-state index contributed by atoms with van der Waals surface area (Å²) in [5.74, 6) is 0.761. The lowest BCUT2D eigenvalue weighted by Crippen LogP contribution is -2.43. The fourth-order valence-electron chi connectivity index (χ4n) is 7.23. The maximum absolute atomic E-state index is 12.7. The Hall–Kier alpha value is -4.46. The Bertz CT molecular complexity index is 1730. The number of fused-ring (bicyclic) bond motifs is 1. The van der Waals surface area contributed by atoms with E-state index in [-0.39, 0.29) is 17.5 Å². The maximum atomic E-state index is 12.7. The third-order valence-corrected chi connectivity index (χ3v) is 10.0. The number of aryl methyl sites for hydroxylation is 2. The quantitative estimate of drug-likeness (QED) is 0.244. The Morgan fingerprint density at radius 1 is 0.955 bits per heavy atom. The Labute approximate surface area is 258 Å². The number of carboxylic acids is 1. The minimum absolute atomic E-state index is 0.155. The third-order valence-electron chi connectivity index (χ3n) is 10.0. The SMILES string of the molecule is Cc1cc(C2CCN(C(=O)C3CCC3)CC2)ccc1NC1CCc2cccc(-c3cccc(-n4ncc(C(=O)O)c4C)n3)c21. The number of pyridine rings is 1.